The van der Waals surface area contributed by atoms with Crippen LogP contribution in [-0.2, 0) is 4.79 Å². The van der Waals surface area contributed by atoms with Gasteiger partial charge in [-0.05, 0) is 39.0 Å². The second kappa shape index (κ2) is 27.1. The number of unbranched alkanes of at least 4 members (excludes halogenated alkanes) is 15. The summed E-state index contributed by atoms with van der Waals surface area (Å²) in [7, 11) is 0. The van der Waals surface area contributed by atoms with E-state index in [1.54, 1.807) is 0 Å². The highest BCUT2D eigenvalue weighted by Crippen LogP contribution is 2.12. The van der Waals surface area contributed by atoms with E-state index in [0.29, 0.717) is 6.42 Å². The van der Waals surface area contributed by atoms with Crippen molar-refractivity contribution in [2.45, 2.75) is 136 Å². The summed E-state index contributed by atoms with van der Waals surface area (Å²) >= 11 is 0. The van der Waals surface area contributed by atoms with E-state index in [1.165, 1.54) is 103 Å². The van der Waals surface area contributed by atoms with Crippen molar-refractivity contribution in [3.05, 3.63) is 12.2 Å². The lowest BCUT2D eigenvalue weighted by Crippen LogP contribution is -2.03. The van der Waals surface area contributed by atoms with Crippen LogP contribution in [-0.4, -0.2) is 34.0 Å². The van der Waals surface area contributed by atoms with Crippen LogP contribution in [0.3, 0.4) is 0 Å². The van der Waals surface area contributed by atoms with Crippen LogP contribution in [0.4, 0.5) is 0 Å². The molecule has 3 N–H and O–H groups in total. The van der Waals surface area contributed by atoms with Gasteiger partial charge in [0, 0.05) is 6.42 Å². The van der Waals surface area contributed by atoms with Crippen LogP contribution in [0.15, 0.2) is 12.2 Å². The van der Waals surface area contributed by atoms with E-state index in [0.717, 1.165) is 12.8 Å². The summed E-state index contributed by atoms with van der Waals surface area (Å²) in [6.07, 6.45) is 26.6. The van der Waals surface area contributed by atoms with E-state index in [9.17, 15) is 4.79 Å². The minimum atomic E-state index is -0.656. The van der Waals surface area contributed by atoms with E-state index in [-0.39, 0.29) is 6.61 Å². The average molecular weight is 415 g/mol. The quantitative estimate of drug-likeness (QED) is 0.148. The maximum atomic E-state index is 10.4. The number of rotatable bonds is 20. The van der Waals surface area contributed by atoms with E-state index in [2.05, 4.69) is 19.1 Å². The summed E-state index contributed by atoms with van der Waals surface area (Å²) in [6, 6.07) is 0. The Morgan fingerprint density at radius 2 is 1.07 bits per heavy atom. The molecule has 0 aliphatic heterocycles. The molecule has 0 fully saturated rings. The van der Waals surface area contributed by atoms with Gasteiger partial charge in [0.2, 0.25) is 0 Å². The normalized spacial score (nSPS) is 12.0. The fourth-order valence-corrected chi connectivity index (χ4v) is 3.05. The van der Waals surface area contributed by atoms with Crippen molar-refractivity contribution in [1.29, 1.82) is 0 Å². The molecule has 174 valence electrons. The van der Waals surface area contributed by atoms with Crippen LogP contribution in [0, 0.1) is 0 Å². The minimum Gasteiger partial charge on any atom is -0.481 e. The molecule has 0 saturated heterocycles. The highest BCUT2D eigenvalue weighted by atomic mass is 16.4. The summed E-state index contributed by atoms with van der Waals surface area (Å²) in [5.74, 6) is -0.656. The molecule has 0 spiro atoms. The monoisotopic (exact) mass is 414 g/mol. The number of hydrogen-bond donors (Lipinski definition) is 3. The lowest BCUT2D eigenvalue weighted by Gasteiger charge is -2.01. The molecule has 0 aromatic rings. The molecular weight excluding hydrogens is 364 g/mol. The van der Waals surface area contributed by atoms with Gasteiger partial charge in [-0.15, -0.1) is 0 Å². The SMILES string of the molecule is CC(O)CO.CCCCCCCCC=CCCCCCCCCCCCC(=O)O. The number of hydrogen-bond acceptors (Lipinski definition) is 3. The van der Waals surface area contributed by atoms with Gasteiger partial charge in [0.15, 0.2) is 0 Å². The van der Waals surface area contributed by atoms with Crippen molar-refractivity contribution >= 4 is 5.97 Å². The third-order valence-electron chi connectivity index (χ3n) is 4.92. The van der Waals surface area contributed by atoms with Gasteiger partial charge in [0.1, 0.15) is 0 Å². The van der Waals surface area contributed by atoms with Gasteiger partial charge in [0.05, 0.1) is 12.7 Å². The topological polar surface area (TPSA) is 77.8 Å². The third-order valence-corrected chi connectivity index (χ3v) is 4.92. The predicted octanol–water partition coefficient (Wildman–Crippen LogP) is 7.03. The molecular formula is C25H50O4. The number of allylic oxidation sites excluding steroid dienone is 2. The van der Waals surface area contributed by atoms with Gasteiger partial charge >= 0.3 is 5.97 Å². The molecule has 0 saturated carbocycles. The predicted molar refractivity (Wildman–Crippen MR) is 124 cm³/mol. The number of carbonyl (C=O) groups is 1. The van der Waals surface area contributed by atoms with Crippen LogP contribution < -0.4 is 0 Å². The zero-order chi connectivity index (χ0) is 22.0. The van der Waals surface area contributed by atoms with Crippen molar-refractivity contribution in [3.63, 3.8) is 0 Å². The first kappa shape index (κ1) is 30.3. The van der Waals surface area contributed by atoms with E-state index in [1.807, 2.05) is 0 Å². The van der Waals surface area contributed by atoms with Gasteiger partial charge in [-0.25, -0.2) is 0 Å². The van der Waals surface area contributed by atoms with Crippen LogP contribution in [0.5, 0.6) is 0 Å². The second-order valence-electron chi connectivity index (χ2n) is 8.17. The number of carboxylic acid groups (broad SMARTS) is 1. The summed E-state index contributed by atoms with van der Waals surface area (Å²) in [4.78, 5) is 10.4. The molecule has 0 aliphatic rings. The molecule has 0 aliphatic carbocycles. The first-order chi connectivity index (χ1) is 14.0. The van der Waals surface area contributed by atoms with E-state index >= 15 is 0 Å². The first-order valence-corrected chi connectivity index (χ1v) is 12.2. The summed E-state index contributed by atoms with van der Waals surface area (Å²) in [6.45, 7) is 3.66. The molecule has 0 aromatic carbocycles. The van der Waals surface area contributed by atoms with Crippen LogP contribution in [0.25, 0.3) is 0 Å². The summed E-state index contributed by atoms with van der Waals surface area (Å²) in [5, 5.41) is 24.6. The van der Waals surface area contributed by atoms with Crippen molar-refractivity contribution in [1.82, 2.24) is 0 Å². The standard InChI is InChI=1S/C22H42O2.C3H8O2/c1-2-3-4-5-6-7-8-9-10-11-12-13-14-15-16-17-18-19-20-21-22(23)24;1-3(5)2-4/h9-10H,2-8,11-21H2,1H3,(H,23,24);3-5H,2H2,1H3. The van der Waals surface area contributed by atoms with E-state index < -0.39 is 12.1 Å². The number of aliphatic hydroxyl groups excluding tert-OH is 2. The summed E-state index contributed by atoms with van der Waals surface area (Å²) in [5.41, 5.74) is 0. The van der Waals surface area contributed by atoms with Gasteiger partial charge in [-0.3, -0.25) is 4.79 Å². The summed E-state index contributed by atoms with van der Waals surface area (Å²) < 4.78 is 0. The Morgan fingerprint density at radius 1 is 0.724 bits per heavy atom. The molecule has 29 heavy (non-hydrogen) atoms. The molecule has 0 amide bonds. The zero-order valence-electron chi connectivity index (χ0n) is 19.4. The lowest BCUT2D eigenvalue weighted by atomic mass is 10.1. The van der Waals surface area contributed by atoms with Crippen LogP contribution in [0.1, 0.15) is 129 Å². The first-order valence-electron chi connectivity index (χ1n) is 12.2. The largest absolute Gasteiger partial charge is 0.481 e. The number of aliphatic carboxylic acids is 1. The highest BCUT2D eigenvalue weighted by Gasteiger charge is 1.96. The Kier molecular flexibility index (Phi) is 28.4. The molecule has 4 nitrogen and oxygen atoms in total. The van der Waals surface area contributed by atoms with E-state index in [4.69, 9.17) is 15.3 Å². The van der Waals surface area contributed by atoms with Crippen molar-refractivity contribution in [2.75, 3.05) is 6.61 Å². The molecule has 0 aromatic heterocycles. The molecule has 1 unspecified atom stereocenters. The second-order valence-corrected chi connectivity index (χ2v) is 8.17. The maximum absolute atomic E-state index is 10.4. The van der Waals surface area contributed by atoms with Crippen molar-refractivity contribution in [2.24, 2.45) is 0 Å². The van der Waals surface area contributed by atoms with Crippen molar-refractivity contribution < 1.29 is 20.1 Å². The lowest BCUT2D eigenvalue weighted by molar-refractivity contribution is -0.137. The van der Waals surface area contributed by atoms with Gasteiger partial charge in [0.25, 0.3) is 0 Å². The number of aliphatic hydroxyl groups is 2. The van der Waals surface area contributed by atoms with Gasteiger partial charge < -0.3 is 15.3 Å². The Morgan fingerprint density at radius 3 is 1.41 bits per heavy atom. The Hall–Kier alpha value is -0.870. The fourth-order valence-electron chi connectivity index (χ4n) is 3.05. The van der Waals surface area contributed by atoms with Gasteiger partial charge in [-0.1, -0.05) is 96.1 Å². The van der Waals surface area contributed by atoms with Crippen LogP contribution >= 0.6 is 0 Å². The molecule has 0 radical (unpaired) electrons. The van der Waals surface area contributed by atoms with Crippen molar-refractivity contribution in [3.8, 4) is 0 Å². The molecule has 0 rings (SSSR count). The Labute approximate surface area is 180 Å². The highest BCUT2D eigenvalue weighted by molar-refractivity contribution is 5.66. The average Bonchev–Trinajstić information content (AvgIpc) is 2.70. The molecule has 1 atom stereocenters. The molecule has 0 bridgehead atoms. The Bertz CT molecular complexity index is 340. The maximum Gasteiger partial charge on any atom is 0.303 e. The van der Waals surface area contributed by atoms with Crippen LogP contribution in [0.2, 0.25) is 0 Å². The zero-order valence-corrected chi connectivity index (χ0v) is 19.4. The number of carboxylic acids is 1. The smallest absolute Gasteiger partial charge is 0.303 e. The fraction of sp³-hybridized carbons (Fsp3) is 0.880. The minimum absolute atomic E-state index is 0.139. The van der Waals surface area contributed by atoms with Gasteiger partial charge in [-0.2, -0.15) is 0 Å². The third kappa shape index (κ3) is 35.0. The Balaban J connectivity index is 0. The molecule has 4 heteroatoms. The molecule has 0 heterocycles.